The van der Waals surface area contributed by atoms with Crippen molar-refractivity contribution in [2.24, 2.45) is 11.8 Å². The standard InChI is InChI=1S/C28H32N2O5/c1-3-16(2)25(26(31)30-17-12-13-24(30)22(14-17)27(32)33)29-28(34)35-15-23-20-10-6-4-8-18(20)19-9-5-7-11-21(19)23/h4-11,16-17,22-25H,3,12-15H2,1-2H3,(H,29,34)(H,32,33)/t16-,17?,22?,24?,25-/m0/s1. The third-order valence-electron chi connectivity index (χ3n) is 8.20. The van der Waals surface area contributed by atoms with Crippen LogP contribution in [0.4, 0.5) is 4.79 Å². The van der Waals surface area contributed by atoms with Crippen LogP contribution in [0, 0.1) is 11.8 Å². The van der Waals surface area contributed by atoms with Crippen LogP contribution in [0.5, 0.6) is 0 Å². The molecule has 2 saturated heterocycles. The number of benzene rings is 2. The van der Waals surface area contributed by atoms with E-state index in [9.17, 15) is 19.5 Å². The van der Waals surface area contributed by atoms with Crippen LogP contribution in [0.3, 0.4) is 0 Å². The highest BCUT2D eigenvalue weighted by Gasteiger charge is 2.52. The number of alkyl carbamates (subject to hydrolysis) is 1. The van der Waals surface area contributed by atoms with Gasteiger partial charge in [0.1, 0.15) is 12.6 Å². The quantitative estimate of drug-likeness (QED) is 0.617. The van der Waals surface area contributed by atoms with Crippen LogP contribution < -0.4 is 5.32 Å². The molecule has 2 aromatic carbocycles. The predicted octanol–water partition coefficient (Wildman–Crippen LogP) is 4.40. The number of nitrogens with one attached hydrogen (secondary N) is 1. The molecule has 3 aliphatic rings. The Bertz CT molecular complexity index is 1100. The second kappa shape index (κ2) is 9.36. The average molecular weight is 477 g/mol. The molecule has 2 fully saturated rings. The van der Waals surface area contributed by atoms with Gasteiger partial charge in [-0.2, -0.15) is 0 Å². The van der Waals surface area contributed by atoms with E-state index in [1.165, 1.54) is 0 Å². The first-order chi connectivity index (χ1) is 16.9. The number of nitrogens with zero attached hydrogens (tertiary/aromatic N) is 1. The first-order valence-corrected chi connectivity index (χ1v) is 12.6. The molecule has 2 amide bonds. The summed E-state index contributed by atoms with van der Waals surface area (Å²) in [5.74, 6) is -1.73. The maximum Gasteiger partial charge on any atom is 0.407 e. The Labute approximate surface area is 205 Å². The lowest BCUT2D eigenvalue weighted by Gasteiger charge is -2.31. The van der Waals surface area contributed by atoms with Gasteiger partial charge in [0.15, 0.2) is 0 Å². The molecular weight excluding hydrogens is 444 g/mol. The van der Waals surface area contributed by atoms with Gasteiger partial charge in [-0.05, 0) is 47.4 Å². The molecule has 2 bridgehead atoms. The smallest absolute Gasteiger partial charge is 0.407 e. The van der Waals surface area contributed by atoms with E-state index in [1.807, 2.05) is 38.1 Å². The molecule has 0 radical (unpaired) electrons. The summed E-state index contributed by atoms with van der Waals surface area (Å²) in [6.45, 7) is 4.08. The minimum absolute atomic E-state index is 0.0587. The van der Waals surface area contributed by atoms with Crippen molar-refractivity contribution in [3.05, 3.63) is 59.7 Å². The number of hydrogen-bond acceptors (Lipinski definition) is 4. The Hall–Kier alpha value is -3.35. The molecule has 0 saturated carbocycles. The molecule has 2 aromatic rings. The van der Waals surface area contributed by atoms with Gasteiger partial charge in [-0.1, -0.05) is 68.8 Å². The molecule has 7 heteroatoms. The number of carboxylic acid groups (broad SMARTS) is 1. The van der Waals surface area contributed by atoms with Crippen LogP contribution in [0.1, 0.15) is 56.6 Å². The predicted molar refractivity (Wildman–Crippen MR) is 131 cm³/mol. The zero-order valence-electron chi connectivity index (χ0n) is 20.1. The molecule has 5 rings (SSSR count). The average Bonchev–Trinajstić information content (AvgIpc) is 3.55. The summed E-state index contributed by atoms with van der Waals surface area (Å²) in [5.41, 5.74) is 4.57. The van der Waals surface area contributed by atoms with Crippen LogP contribution in [0.15, 0.2) is 48.5 Å². The van der Waals surface area contributed by atoms with Gasteiger partial charge in [-0.3, -0.25) is 9.59 Å². The Morgan fingerprint density at radius 2 is 1.69 bits per heavy atom. The molecule has 35 heavy (non-hydrogen) atoms. The normalized spacial score (nSPS) is 23.9. The van der Waals surface area contributed by atoms with Crippen LogP contribution in [0.25, 0.3) is 11.1 Å². The number of aliphatic carboxylic acids is 1. The maximum atomic E-state index is 13.6. The number of carbonyl (C=O) groups excluding carboxylic acids is 2. The highest BCUT2D eigenvalue weighted by molar-refractivity contribution is 5.88. The van der Waals surface area contributed by atoms with Crippen molar-refractivity contribution in [2.45, 2.75) is 63.6 Å². The summed E-state index contributed by atoms with van der Waals surface area (Å²) in [6, 6.07) is 15.2. The van der Waals surface area contributed by atoms with Gasteiger partial charge >= 0.3 is 12.1 Å². The molecule has 184 valence electrons. The molecule has 2 N–H and O–H groups in total. The lowest BCUT2D eigenvalue weighted by atomic mass is 9.89. The minimum atomic E-state index is -0.848. The fourth-order valence-corrected chi connectivity index (χ4v) is 6.21. The molecule has 1 aliphatic carbocycles. The third kappa shape index (κ3) is 4.07. The number of hydrogen-bond donors (Lipinski definition) is 2. The van der Waals surface area contributed by atoms with Gasteiger partial charge in [0, 0.05) is 18.0 Å². The van der Waals surface area contributed by atoms with E-state index in [0.29, 0.717) is 19.3 Å². The van der Waals surface area contributed by atoms with Crippen LogP contribution in [-0.2, 0) is 14.3 Å². The van der Waals surface area contributed by atoms with Gasteiger partial charge < -0.3 is 20.1 Å². The van der Waals surface area contributed by atoms with Crippen LogP contribution in [0.2, 0.25) is 0 Å². The summed E-state index contributed by atoms with van der Waals surface area (Å²) in [4.78, 5) is 39.9. The zero-order chi connectivity index (χ0) is 24.7. The number of amides is 2. The fraction of sp³-hybridized carbons (Fsp3) is 0.464. The lowest BCUT2D eigenvalue weighted by Crippen LogP contribution is -2.53. The third-order valence-corrected chi connectivity index (χ3v) is 8.20. The van der Waals surface area contributed by atoms with E-state index in [4.69, 9.17) is 4.74 Å². The van der Waals surface area contributed by atoms with E-state index in [-0.39, 0.29) is 36.4 Å². The van der Waals surface area contributed by atoms with E-state index >= 15 is 0 Å². The number of carbonyl (C=O) groups is 3. The highest BCUT2D eigenvalue weighted by atomic mass is 16.5. The fourth-order valence-electron chi connectivity index (χ4n) is 6.21. The van der Waals surface area contributed by atoms with Gasteiger partial charge in [-0.15, -0.1) is 0 Å². The highest BCUT2D eigenvalue weighted by Crippen LogP contribution is 2.45. The summed E-state index contributed by atoms with van der Waals surface area (Å²) >= 11 is 0. The second-order valence-corrected chi connectivity index (χ2v) is 10.1. The number of rotatable bonds is 7. The van der Waals surface area contributed by atoms with Crippen molar-refractivity contribution in [3.8, 4) is 11.1 Å². The van der Waals surface area contributed by atoms with Gasteiger partial charge in [-0.25, -0.2) is 4.79 Å². The number of ether oxygens (including phenoxy) is 1. The Morgan fingerprint density at radius 1 is 1.06 bits per heavy atom. The maximum absolute atomic E-state index is 13.6. The van der Waals surface area contributed by atoms with Crippen LogP contribution in [-0.4, -0.2) is 52.7 Å². The largest absolute Gasteiger partial charge is 0.481 e. The van der Waals surface area contributed by atoms with Crippen molar-refractivity contribution < 1.29 is 24.2 Å². The molecule has 0 aromatic heterocycles. The van der Waals surface area contributed by atoms with E-state index in [2.05, 4.69) is 29.6 Å². The Balaban J connectivity index is 1.28. The molecule has 3 unspecified atom stereocenters. The molecule has 2 aliphatic heterocycles. The lowest BCUT2D eigenvalue weighted by molar-refractivity contribution is -0.143. The molecule has 0 spiro atoms. The summed E-state index contributed by atoms with van der Waals surface area (Å²) < 4.78 is 5.69. The van der Waals surface area contributed by atoms with Crippen molar-refractivity contribution >= 4 is 18.0 Å². The zero-order valence-corrected chi connectivity index (χ0v) is 20.1. The van der Waals surface area contributed by atoms with Crippen molar-refractivity contribution in [1.82, 2.24) is 10.2 Å². The van der Waals surface area contributed by atoms with Gasteiger partial charge in [0.05, 0.1) is 5.92 Å². The number of fused-ring (bicyclic) bond motifs is 5. The molecule has 2 heterocycles. The summed E-state index contributed by atoms with van der Waals surface area (Å²) in [5, 5.41) is 12.4. The van der Waals surface area contributed by atoms with Crippen molar-refractivity contribution in [3.63, 3.8) is 0 Å². The topological polar surface area (TPSA) is 95.9 Å². The SMILES string of the molecule is CC[C@H](C)[C@H](NC(=O)OCC1c2ccccc2-c2ccccc21)C(=O)N1C2CCC1C(C(=O)O)C2. The first-order valence-electron chi connectivity index (χ1n) is 12.6. The van der Waals surface area contributed by atoms with Crippen molar-refractivity contribution in [2.75, 3.05) is 6.61 Å². The molecular formula is C28H32N2O5. The summed E-state index contributed by atoms with van der Waals surface area (Å²) in [6.07, 6.45) is 2.09. The number of carboxylic acids is 1. The first kappa shape index (κ1) is 23.4. The van der Waals surface area contributed by atoms with E-state index in [1.54, 1.807) is 4.90 Å². The van der Waals surface area contributed by atoms with Crippen LogP contribution >= 0.6 is 0 Å². The van der Waals surface area contributed by atoms with Gasteiger partial charge in [0.2, 0.25) is 5.91 Å². The van der Waals surface area contributed by atoms with E-state index < -0.39 is 24.0 Å². The summed E-state index contributed by atoms with van der Waals surface area (Å²) in [7, 11) is 0. The Kier molecular flexibility index (Phi) is 6.26. The minimum Gasteiger partial charge on any atom is -0.481 e. The van der Waals surface area contributed by atoms with E-state index in [0.717, 1.165) is 28.7 Å². The second-order valence-electron chi connectivity index (χ2n) is 10.1. The van der Waals surface area contributed by atoms with Gasteiger partial charge in [0.25, 0.3) is 0 Å². The monoisotopic (exact) mass is 476 g/mol. The van der Waals surface area contributed by atoms with Crippen molar-refractivity contribution in [1.29, 1.82) is 0 Å². The Morgan fingerprint density at radius 3 is 2.26 bits per heavy atom. The molecule has 5 atom stereocenters. The molecule has 7 nitrogen and oxygen atoms in total.